The van der Waals surface area contributed by atoms with Crippen molar-refractivity contribution in [2.45, 2.75) is 6.54 Å². The number of benzene rings is 2. The Morgan fingerprint density at radius 1 is 1.00 bits per heavy atom. The highest BCUT2D eigenvalue weighted by Gasteiger charge is 2.11. The number of nitrogens with zero attached hydrogens (tertiary/aromatic N) is 3. The van der Waals surface area contributed by atoms with Crippen molar-refractivity contribution >= 4 is 12.0 Å². The maximum Gasteiger partial charge on any atom is 0.244 e. The van der Waals surface area contributed by atoms with E-state index in [0.717, 1.165) is 22.5 Å². The highest BCUT2D eigenvalue weighted by Crippen LogP contribution is 2.25. The van der Waals surface area contributed by atoms with Gasteiger partial charge in [0.1, 0.15) is 5.82 Å². The second-order valence-electron chi connectivity index (χ2n) is 6.59. The smallest absolute Gasteiger partial charge is 0.244 e. The highest BCUT2D eigenvalue weighted by molar-refractivity contribution is 5.92. The van der Waals surface area contributed by atoms with Gasteiger partial charge in [0, 0.05) is 29.6 Å². The van der Waals surface area contributed by atoms with E-state index in [-0.39, 0.29) is 11.7 Å². The number of halogens is 1. The van der Waals surface area contributed by atoms with Crippen LogP contribution in [0.2, 0.25) is 0 Å². The Balaban J connectivity index is 1.59. The third kappa shape index (κ3) is 4.67. The molecule has 0 saturated heterocycles. The molecule has 1 amide bonds. The van der Waals surface area contributed by atoms with Crippen LogP contribution in [0.1, 0.15) is 11.3 Å². The number of aromatic nitrogens is 3. The van der Waals surface area contributed by atoms with Crippen molar-refractivity contribution in [1.82, 2.24) is 20.1 Å². The van der Waals surface area contributed by atoms with Crippen molar-refractivity contribution in [2.24, 2.45) is 0 Å². The molecule has 4 aromatic rings. The summed E-state index contributed by atoms with van der Waals surface area (Å²) in [6.07, 6.45) is 6.70. The largest absolute Gasteiger partial charge is 0.347 e. The number of pyridine rings is 1. The maximum absolute atomic E-state index is 13.4. The zero-order chi connectivity index (χ0) is 20.8. The molecule has 1 N–H and O–H groups in total. The molecule has 6 heteroatoms. The first-order valence-corrected chi connectivity index (χ1v) is 9.46. The first-order chi connectivity index (χ1) is 14.7. The molecule has 0 unspecified atom stereocenters. The summed E-state index contributed by atoms with van der Waals surface area (Å²) < 4.78 is 15.1. The molecule has 4 rings (SSSR count). The van der Waals surface area contributed by atoms with Gasteiger partial charge in [-0.05, 0) is 54.6 Å². The zero-order valence-electron chi connectivity index (χ0n) is 16.1. The van der Waals surface area contributed by atoms with Gasteiger partial charge in [-0.2, -0.15) is 5.10 Å². The molecule has 0 saturated carbocycles. The SMILES string of the molecule is O=C(C=Cc1cn(-c2ccccc2)nc1-c1ccc(F)cc1)NCc1ccccn1. The van der Waals surface area contributed by atoms with Crippen LogP contribution >= 0.6 is 0 Å². The van der Waals surface area contributed by atoms with Crippen LogP contribution in [-0.2, 0) is 11.3 Å². The van der Waals surface area contributed by atoms with E-state index in [0.29, 0.717) is 12.2 Å². The standard InChI is InChI=1S/C24H19FN4O/c25-20-12-9-18(10-13-20)24-19(17-29(28-24)22-7-2-1-3-8-22)11-14-23(30)27-16-21-6-4-5-15-26-21/h1-15,17H,16H2,(H,27,30). The number of amides is 1. The lowest BCUT2D eigenvalue weighted by molar-refractivity contribution is -0.116. The molecule has 0 aliphatic carbocycles. The predicted molar refractivity (Wildman–Crippen MR) is 114 cm³/mol. The van der Waals surface area contributed by atoms with Crippen LogP contribution in [0.4, 0.5) is 4.39 Å². The summed E-state index contributed by atoms with van der Waals surface area (Å²) in [5, 5.41) is 7.46. The van der Waals surface area contributed by atoms with Crippen molar-refractivity contribution in [2.75, 3.05) is 0 Å². The molecule has 2 aromatic heterocycles. The van der Waals surface area contributed by atoms with Crippen molar-refractivity contribution in [3.63, 3.8) is 0 Å². The molecular formula is C24H19FN4O. The molecule has 0 fully saturated rings. The van der Waals surface area contributed by atoms with E-state index in [4.69, 9.17) is 0 Å². The van der Waals surface area contributed by atoms with E-state index >= 15 is 0 Å². The third-order valence-electron chi connectivity index (χ3n) is 4.47. The molecule has 0 bridgehead atoms. The van der Waals surface area contributed by atoms with E-state index in [9.17, 15) is 9.18 Å². The Kier molecular flexibility index (Phi) is 5.75. The Hall–Kier alpha value is -4.06. The molecule has 0 aliphatic rings. The summed E-state index contributed by atoms with van der Waals surface area (Å²) >= 11 is 0. The van der Waals surface area contributed by atoms with E-state index in [1.807, 2.05) is 54.7 Å². The maximum atomic E-state index is 13.4. The molecule has 5 nitrogen and oxygen atoms in total. The van der Waals surface area contributed by atoms with Gasteiger partial charge in [0.2, 0.25) is 5.91 Å². The van der Waals surface area contributed by atoms with E-state index < -0.39 is 0 Å². The van der Waals surface area contributed by atoms with Gasteiger partial charge in [0.15, 0.2) is 0 Å². The molecule has 0 spiro atoms. The third-order valence-corrected chi connectivity index (χ3v) is 4.47. The van der Waals surface area contributed by atoms with Gasteiger partial charge in [-0.3, -0.25) is 9.78 Å². The first kappa shape index (κ1) is 19.3. The number of carbonyl (C=O) groups excluding carboxylic acids is 1. The summed E-state index contributed by atoms with van der Waals surface area (Å²) in [7, 11) is 0. The number of carbonyl (C=O) groups is 1. The van der Waals surface area contributed by atoms with Crippen LogP contribution in [0.25, 0.3) is 23.0 Å². The Bertz CT molecular complexity index is 1150. The fraction of sp³-hybridized carbons (Fsp3) is 0.0417. The molecule has 0 aliphatic heterocycles. The second-order valence-corrected chi connectivity index (χ2v) is 6.59. The van der Waals surface area contributed by atoms with Crippen molar-refractivity contribution in [1.29, 1.82) is 0 Å². The Labute approximate surface area is 173 Å². The van der Waals surface area contributed by atoms with Crippen LogP contribution in [0, 0.1) is 5.82 Å². The quantitative estimate of drug-likeness (QED) is 0.490. The molecule has 2 aromatic carbocycles. The summed E-state index contributed by atoms with van der Waals surface area (Å²) in [5.74, 6) is -0.551. The zero-order valence-corrected chi connectivity index (χ0v) is 16.1. The molecule has 148 valence electrons. The van der Waals surface area contributed by atoms with E-state index in [1.54, 1.807) is 29.1 Å². The summed E-state index contributed by atoms with van der Waals surface area (Å²) in [5.41, 5.74) is 3.84. The van der Waals surface area contributed by atoms with Gasteiger partial charge >= 0.3 is 0 Å². The topological polar surface area (TPSA) is 59.8 Å². The van der Waals surface area contributed by atoms with Crippen LogP contribution in [0.5, 0.6) is 0 Å². The average molecular weight is 398 g/mol. The minimum absolute atomic E-state index is 0.238. The van der Waals surface area contributed by atoms with Gasteiger partial charge in [-0.15, -0.1) is 0 Å². The minimum Gasteiger partial charge on any atom is -0.347 e. The van der Waals surface area contributed by atoms with E-state index in [2.05, 4.69) is 15.4 Å². The van der Waals surface area contributed by atoms with Gasteiger partial charge in [-0.1, -0.05) is 24.3 Å². The summed E-state index contributed by atoms with van der Waals surface area (Å²) in [4.78, 5) is 16.4. The molecule has 30 heavy (non-hydrogen) atoms. The molecule has 0 radical (unpaired) electrons. The normalized spacial score (nSPS) is 11.0. The Morgan fingerprint density at radius 2 is 1.77 bits per heavy atom. The lowest BCUT2D eigenvalue weighted by atomic mass is 10.1. The lowest BCUT2D eigenvalue weighted by Crippen LogP contribution is -2.20. The lowest BCUT2D eigenvalue weighted by Gasteiger charge is -2.01. The fourth-order valence-electron chi connectivity index (χ4n) is 2.96. The van der Waals surface area contributed by atoms with Crippen LogP contribution in [0.3, 0.4) is 0 Å². The van der Waals surface area contributed by atoms with Crippen LogP contribution < -0.4 is 5.32 Å². The van der Waals surface area contributed by atoms with Crippen molar-refractivity contribution < 1.29 is 9.18 Å². The number of nitrogens with one attached hydrogen (secondary N) is 1. The molecule has 2 heterocycles. The summed E-state index contributed by atoms with van der Waals surface area (Å²) in [6, 6.07) is 21.3. The van der Waals surface area contributed by atoms with Gasteiger partial charge < -0.3 is 5.32 Å². The van der Waals surface area contributed by atoms with Crippen LogP contribution in [0.15, 0.2) is 91.3 Å². The molecule has 0 atom stereocenters. The Morgan fingerprint density at radius 3 is 2.50 bits per heavy atom. The van der Waals surface area contributed by atoms with Gasteiger partial charge in [0.05, 0.1) is 23.6 Å². The molecular weight excluding hydrogens is 379 g/mol. The predicted octanol–water partition coefficient (Wildman–Crippen LogP) is 4.40. The summed E-state index contributed by atoms with van der Waals surface area (Å²) in [6.45, 7) is 0.345. The first-order valence-electron chi connectivity index (χ1n) is 9.46. The van der Waals surface area contributed by atoms with Crippen LogP contribution in [-0.4, -0.2) is 20.7 Å². The number of rotatable bonds is 6. The highest BCUT2D eigenvalue weighted by atomic mass is 19.1. The van der Waals surface area contributed by atoms with E-state index in [1.165, 1.54) is 18.2 Å². The fourth-order valence-corrected chi connectivity index (χ4v) is 2.96. The monoisotopic (exact) mass is 398 g/mol. The van der Waals surface area contributed by atoms with Gasteiger partial charge in [0.25, 0.3) is 0 Å². The number of hydrogen-bond acceptors (Lipinski definition) is 3. The second kappa shape index (κ2) is 8.96. The van der Waals surface area contributed by atoms with Gasteiger partial charge in [-0.25, -0.2) is 9.07 Å². The minimum atomic E-state index is -0.313. The average Bonchev–Trinajstić information content (AvgIpc) is 3.22. The van der Waals surface area contributed by atoms with Crippen molar-refractivity contribution in [3.05, 3.63) is 108 Å². The van der Waals surface area contributed by atoms with Crippen molar-refractivity contribution in [3.8, 4) is 16.9 Å². The number of para-hydroxylation sites is 1. The number of hydrogen-bond donors (Lipinski definition) is 1.